The fraction of sp³-hybridized carbons (Fsp3) is 0.400. The highest BCUT2D eigenvalue weighted by Gasteiger charge is 2.38. The van der Waals surface area contributed by atoms with Gasteiger partial charge < -0.3 is 9.32 Å². The van der Waals surface area contributed by atoms with Gasteiger partial charge in [0, 0.05) is 37.8 Å². The number of aromatic nitrogens is 5. The molecule has 1 atom stereocenters. The first-order chi connectivity index (χ1) is 15.2. The molecule has 31 heavy (non-hydrogen) atoms. The van der Waals surface area contributed by atoms with Crippen molar-refractivity contribution in [2.45, 2.75) is 25.3 Å². The molecule has 0 unspecified atom stereocenters. The molecule has 10 nitrogen and oxygen atoms in total. The first-order valence-electron chi connectivity index (χ1n) is 10.1. The Kier molecular flexibility index (Phi) is 5.24. The number of hydrogen-bond donors (Lipinski definition) is 0. The number of hydrogen-bond acceptors (Lipinski definition) is 9. The lowest BCUT2D eigenvalue weighted by Crippen LogP contribution is -2.42. The smallest absolute Gasteiger partial charge is 0.250 e. The van der Waals surface area contributed by atoms with E-state index in [1.165, 1.54) is 17.5 Å². The van der Waals surface area contributed by atoms with E-state index in [1.54, 1.807) is 18.6 Å². The zero-order chi connectivity index (χ0) is 21.2. The molecule has 0 aromatic carbocycles. The van der Waals surface area contributed by atoms with Crippen molar-refractivity contribution >= 4 is 11.9 Å². The number of carbonyl (C=O) groups excluding carboxylic acids is 1. The van der Waals surface area contributed by atoms with Crippen LogP contribution in [0.4, 0.5) is 10.3 Å². The van der Waals surface area contributed by atoms with Crippen molar-refractivity contribution in [3.63, 3.8) is 0 Å². The van der Waals surface area contributed by atoms with Crippen molar-refractivity contribution in [3.05, 3.63) is 48.8 Å². The lowest BCUT2D eigenvalue weighted by molar-refractivity contribution is -0.182. The molecular weight excluding hydrogens is 405 g/mol. The molecule has 3 aromatic heterocycles. The third kappa shape index (κ3) is 3.83. The third-order valence-corrected chi connectivity index (χ3v) is 5.54. The summed E-state index contributed by atoms with van der Waals surface area (Å²) in [4.78, 5) is 41.4. The van der Waals surface area contributed by atoms with Gasteiger partial charge in [0.15, 0.2) is 11.5 Å². The second kappa shape index (κ2) is 8.34. The van der Waals surface area contributed by atoms with Gasteiger partial charge in [0.25, 0.3) is 0 Å². The first-order valence-corrected chi connectivity index (χ1v) is 10.1. The van der Waals surface area contributed by atoms with E-state index in [2.05, 4.69) is 24.9 Å². The summed E-state index contributed by atoms with van der Waals surface area (Å²) in [6.07, 6.45) is 10.7. The quantitative estimate of drug-likeness (QED) is 0.621. The van der Waals surface area contributed by atoms with Crippen LogP contribution in [0.25, 0.3) is 11.6 Å². The van der Waals surface area contributed by atoms with Gasteiger partial charge in [-0.3, -0.25) is 19.6 Å². The van der Waals surface area contributed by atoms with Crippen LogP contribution in [-0.4, -0.2) is 55.6 Å². The van der Waals surface area contributed by atoms with Crippen molar-refractivity contribution in [3.8, 4) is 11.6 Å². The first kappa shape index (κ1) is 19.5. The van der Waals surface area contributed by atoms with Crippen LogP contribution in [0.3, 0.4) is 0 Å². The molecular formula is C20H20FN7O3. The molecule has 3 aromatic rings. The fourth-order valence-corrected chi connectivity index (χ4v) is 3.94. The predicted octanol–water partition coefficient (Wildman–Crippen LogP) is 2.18. The number of hydroxylamine groups is 2. The van der Waals surface area contributed by atoms with Gasteiger partial charge in [-0.1, -0.05) is 0 Å². The Labute approximate surface area is 177 Å². The maximum absolute atomic E-state index is 14.1. The molecule has 0 aliphatic carbocycles. The van der Waals surface area contributed by atoms with Crippen LogP contribution in [0.5, 0.6) is 0 Å². The van der Waals surface area contributed by atoms with E-state index >= 15 is 0 Å². The van der Waals surface area contributed by atoms with Gasteiger partial charge >= 0.3 is 0 Å². The van der Waals surface area contributed by atoms with Gasteiger partial charge in [0.2, 0.25) is 17.7 Å². The number of nitrogens with zero attached hydrogens (tertiary/aromatic N) is 7. The minimum absolute atomic E-state index is 0.0190. The standard InChI is InChI=1S/C20H20FN7O3/c21-14-11-25-20(26-17(14)18-24-6-10-30-18)27-7-1-13(2-8-27)19(29)28-16(3-9-31-28)15-12-22-4-5-23-15/h4-6,10-13,16H,1-3,7-9H2/t16-/m0/s1. The van der Waals surface area contributed by atoms with E-state index in [0.717, 1.165) is 11.9 Å². The molecule has 2 saturated heterocycles. The molecule has 0 spiro atoms. The molecule has 2 aliphatic heterocycles. The summed E-state index contributed by atoms with van der Waals surface area (Å²) in [7, 11) is 0. The van der Waals surface area contributed by atoms with E-state index in [0.29, 0.717) is 44.9 Å². The largest absolute Gasteiger partial charge is 0.443 e. The van der Waals surface area contributed by atoms with Crippen LogP contribution < -0.4 is 4.90 Å². The van der Waals surface area contributed by atoms with Crippen LogP contribution in [0.15, 0.2) is 41.7 Å². The summed E-state index contributed by atoms with van der Waals surface area (Å²) in [5.74, 6) is -0.339. The van der Waals surface area contributed by atoms with Gasteiger partial charge in [0.05, 0.1) is 30.9 Å². The van der Waals surface area contributed by atoms with Gasteiger partial charge in [-0.2, -0.15) is 0 Å². The normalized spacial score (nSPS) is 19.7. The zero-order valence-electron chi connectivity index (χ0n) is 16.6. The van der Waals surface area contributed by atoms with E-state index < -0.39 is 5.82 Å². The molecule has 1 amide bonds. The Morgan fingerprint density at radius 2 is 1.94 bits per heavy atom. The Balaban J connectivity index is 1.26. The summed E-state index contributed by atoms with van der Waals surface area (Å²) < 4.78 is 19.3. The van der Waals surface area contributed by atoms with Crippen molar-refractivity contribution in [1.29, 1.82) is 0 Å². The van der Waals surface area contributed by atoms with Crippen LogP contribution in [-0.2, 0) is 9.63 Å². The summed E-state index contributed by atoms with van der Waals surface area (Å²) in [6, 6.07) is -0.219. The summed E-state index contributed by atoms with van der Waals surface area (Å²) >= 11 is 0. The molecule has 11 heteroatoms. The maximum Gasteiger partial charge on any atom is 0.250 e. The van der Waals surface area contributed by atoms with E-state index in [-0.39, 0.29) is 29.5 Å². The molecule has 160 valence electrons. The number of halogens is 1. The molecule has 5 rings (SSSR count). The number of piperidine rings is 1. The minimum atomic E-state index is -0.600. The lowest BCUT2D eigenvalue weighted by Gasteiger charge is -2.33. The van der Waals surface area contributed by atoms with Gasteiger partial charge in [-0.15, -0.1) is 0 Å². The van der Waals surface area contributed by atoms with E-state index in [4.69, 9.17) is 9.25 Å². The van der Waals surface area contributed by atoms with Crippen LogP contribution in [0.2, 0.25) is 0 Å². The Morgan fingerprint density at radius 1 is 1.06 bits per heavy atom. The van der Waals surface area contributed by atoms with Crippen molar-refractivity contribution in [1.82, 2.24) is 30.0 Å². The molecule has 5 heterocycles. The van der Waals surface area contributed by atoms with Gasteiger partial charge in [-0.25, -0.2) is 24.4 Å². The monoisotopic (exact) mass is 425 g/mol. The lowest BCUT2D eigenvalue weighted by atomic mass is 9.95. The average molecular weight is 425 g/mol. The van der Waals surface area contributed by atoms with Gasteiger partial charge in [0.1, 0.15) is 12.3 Å². The van der Waals surface area contributed by atoms with Crippen LogP contribution in [0, 0.1) is 11.7 Å². The molecule has 0 N–H and O–H groups in total. The number of anilines is 1. The van der Waals surface area contributed by atoms with Crippen molar-refractivity contribution < 1.29 is 18.4 Å². The molecule has 2 fully saturated rings. The highest BCUT2D eigenvalue weighted by molar-refractivity contribution is 5.78. The van der Waals surface area contributed by atoms with Crippen molar-refractivity contribution in [2.75, 3.05) is 24.6 Å². The van der Waals surface area contributed by atoms with Crippen molar-refractivity contribution in [2.24, 2.45) is 5.92 Å². The van der Waals surface area contributed by atoms with Crippen LogP contribution in [0.1, 0.15) is 31.0 Å². The Bertz CT molecular complexity index is 1040. The molecule has 0 radical (unpaired) electrons. The highest BCUT2D eigenvalue weighted by atomic mass is 19.1. The maximum atomic E-state index is 14.1. The summed E-state index contributed by atoms with van der Waals surface area (Å²) in [6.45, 7) is 1.60. The number of amides is 1. The highest BCUT2D eigenvalue weighted by Crippen LogP contribution is 2.33. The summed E-state index contributed by atoms with van der Waals surface area (Å²) in [5.41, 5.74) is 0.745. The van der Waals surface area contributed by atoms with E-state index in [9.17, 15) is 9.18 Å². The second-order valence-electron chi connectivity index (χ2n) is 7.40. The Morgan fingerprint density at radius 3 is 2.68 bits per heavy atom. The average Bonchev–Trinajstić information content (AvgIpc) is 3.52. The molecule has 2 aliphatic rings. The Hall–Kier alpha value is -3.47. The van der Waals surface area contributed by atoms with Crippen LogP contribution >= 0.6 is 0 Å². The number of rotatable bonds is 4. The van der Waals surface area contributed by atoms with E-state index in [1.807, 2.05) is 4.90 Å². The fourth-order valence-electron chi connectivity index (χ4n) is 3.94. The summed E-state index contributed by atoms with van der Waals surface area (Å²) in [5, 5.41) is 1.46. The minimum Gasteiger partial charge on any atom is -0.443 e. The zero-order valence-corrected chi connectivity index (χ0v) is 16.6. The second-order valence-corrected chi connectivity index (χ2v) is 7.40. The van der Waals surface area contributed by atoms with Gasteiger partial charge in [-0.05, 0) is 12.8 Å². The number of oxazole rings is 1. The number of carbonyl (C=O) groups is 1. The molecule has 0 bridgehead atoms. The molecule has 0 saturated carbocycles. The SMILES string of the molecule is O=C(C1CCN(c2ncc(F)c(-c3ncco3)n2)CC1)N1OCC[C@H]1c1cnccn1. The topological polar surface area (TPSA) is 110 Å². The predicted molar refractivity (Wildman–Crippen MR) is 105 cm³/mol. The third-order valence-electron chi connectivity index (χ3n) is 5.54.